The van der Waals surface area contributed by atoms with Crippen LogP contribution in [-0.2, 0) is 20.2 Å². The van der Waals surface area contributed by atoms with E-state index in [1.165, 1.54) is 0 Å². The summed E-state index contributed by atoms with van der Waals surface area (Å²) in [6.07, 6.45) is 0.857. The Morgan fingerprint density at radius 3 is 2.47 bits per heavy atom. The van der Waals surface area contributed by atoms with Crippen LogP contribution in [-0.4, -0.2) is 20.4 Å². The lowest BCUT2D eigenvalue weighted by Crippen LogP contribution is -2.03. The van der Waals surface area contributed by atoms with E-state index in [0.717, 1.165) is 11.8 Å². The zero-order chi connectivity index (χ0) is 12.9. The highest BCUT2D eigenvalue weighted by Crippen LogP contribution is 2.08. The number of hydrogen-bond acceptors (Lipinski definition) is 6. The van der Waals surface area contributed by atoms with Gasteiger partial charge in [-0.25, -0.2) is 0 Å². The molecule has 0 aliphatic rings. The molecule has 0 atom stereocenters. The maximum Gasteiger partial charge on any atom is 0.325 e. The van der Waals surface area contributed by atoms with Crippen LogP contribution >= 0.6 is 12.6 Å². The molecule has 90 valence electrons. The molecule has 0 aliphatic carbocycles. The summed E-state index contributed by atoms with van der Waals surface area (Å²) in [5, 5.41) is 12.1. The zero-order valence-electron chi connectivity index (χ0n) is 8.99. The van der Waals surface area contributed by atoms with Gasteiger partial charge in [0, 0.05) is 11.3 Å². The third kappa shape index (κ3) is 4.46. The van der Waals surface area contributed by atoms with Crippen molar-refractivity contribution in [2.45, 2.75) is 5.75 Å². The van der Waals surface area contributed by atoms with Crippen molar-refractivity contribution in [1.82, 2.24) is 0 Å². The number of hydrogen-bond donors (Lipinski definition) is 1. The van der Waals surface area contributed by atoms with Crippen LogP contribution in [0.4, 0.5) is 0 Å². The lowest BCUT2D eigenvalue weighted by atomic mass is 10.1. The average molecular weight is 270 g/mol. The number of thiol groups is 1. The van der Waals surface area contributed by atoms with E-state index >= 15 is 0 Å². The number of rotatable bonds is 4. The van der Waals surface area contributed by atoms with E-state index in [1.54, 1.807) is 30.3 Å². The molecule has 0 fully saturated rings. The predicted molar refractivity (Wildman–Crippen MR) is 67.2 cm³/mol. The van der Waals surface area contributed by atoms with Gasteiger partial charge in [-0.2, -0.15) is 26.3 Å². The fraction of sp³-hybridized carbons (Fsp3) is 0.200. The highest BCUT2D eigenvalue weighted by Gasteiger charge is 2.06. The molecule has 7 heteroatoms. The molecule has 0 heterocycles. The standard InChI is InChI=1S/C10H10N2O3S2/c1-17(13,14)15-12-10(6-11)9-4-2-8(7-16)3-5-9/h2-5,16H,7H2,1H3/b12-10+. The Kier molecular flexibility index (Phi) is 4.54. The molecule has 0 radical (unpaired) electrons. The van der Waals surface area contributed by atoms with Crippen LogP contribution in [0.5, 0.6) is 0 Å². The van der Waals surface area contributed by atoms with Gasteiger partial charge in [-0.15, -0.1) is 0 Å². The third-order valence-corrected chi connectivity index (χ3v) is 2.49. The van der Waals surface area contributed by atoms with Crippen LogP contribution in [0.2, 0.25) is 0 Å². The smallest absolute Gasteiger partial charge is 0.267 e. The van der Waals surface area contributed by atoms with Crippen LogP contribution in [0.25, 0.3) is 0 Å². The first-order valence-corrected chi connectivity index (χ1v) is 6.98. The van der Waals surface area contributed by atoms with Gasteiger partial charge in [0.2, 0.25) is 0 Å². The van der Waals surface area contributed by atoms with E-state index in [4.69, 9.17) is 5.26 Å². The predicted octanol–water partition coefficient (Wildman–Crippen LogP) is 1.32. The molecule has 17 heavy (non-hydrogen) atoms. The van der Waals surface area contributed by atoms with Crippen LogP contribution in [0, 0.1) is 11.3 Å². The number of oxime groups is 1. The molecule has 0 saturated carbocycles. The quantitative estimate of drug-likeness (QED) is 0.508. The molecule has 0 saturated heterocycles. The van der Waals surface area contributed by atoms with E-state index in [-0.39, 0.29) is 5.71 Å². The second kappa shape index (κ2) is 5.70. The molecule has 0 amide bonds. The summed E-state index contributed by atoms with van der Waals surface area (Å²) in [7, 11) is -3.70. The minimum Gasteiger partial charge on any atom is -0.267 e. The van der Waals surface area contributed by atoms with Gasteiger partial charge in [-0.05, 0) is 5.56 Å². The van der Waals surface area contributed by atoms with Crippen molar-refractivity contribution < 1.29 is 12.7 Å². The van der Waals surface area contributed by atoms with Crippen molar-refractivity contribution in [3.63, 3.8) is 0 Å². The van der Waals surface area contributed by atoms with Crippen molar-refractivity contribution in [3.05, 3.63) is 35.4 Å². The first-order valence-electron chi connectivity index (χ1n) is 4.53. The zero-order valence-corrected chi connectivity index (χ0v) is 10.7. The molecule has 0 spiro atoms. The fourth-order valence-corrected chi connectivity index (χ4v) is 1.43. The van der Waals surface area contributed by atoms with Crippen LogP contribution in [0.3, 0.4) is 0 Å². The summed E-state index contributed by atoms with van der Waals surface area (Å²) in [6.45, 7) is 0. The van der Waals surface area contributed by atoms with E-state index in [2.05, 4.69) is 22.1 Å². The molecule has 0 bridgehead atoms. The summed E-state index contributed by atoms with van der Waals surface area (Å²) >= 11 is 4.10. The SMILES string of the molecule is CS(=O)(=O)O/N=C(\C#N)c1ccc(CS)cc1. The van der Waals surface area contributed by atoms with E-state index in [1.807, 2.05) is 0 Å². The van der Waals surface area contributed by atoms with Crippen LogP contribution < -0.4 is 0 Å². The maximum atomic E-state index is 10.7. The largest absolute Gasteiger partial charge is 0.325 e. The molecule has 5 nitrogen and oxygen atoms in total. The number of benzene rings is 1. The van der Waals surface area contributed by atoms with Crippen molar-refractivity contribution >= 4 is 28.5 Å². The van der Waals surface area contributed by atoms with E-state index in [0.29, 0.717) is 11.3 Å². The average Bonchev–Trinajstić information content (AvgIpc) is 2.29. The van der Waals surface area contributed by atoms with Crippen LogP contribution in [0.15, 0.2) is 29.4 Å². The highest BCUT2D eigenvalue weighted by atomic mass is 32.2. The minimum absolute atomic E-state index is 0.0962. The fourth-order valence-electron chi connectivity index (χ4n) is 1.01. The lowest BCUT2D eigenvalue weighted by molar-refractivity contribution is 0.344. The normalized spacial score (nSPS) is 11.9. The van der Waals surface area contributed by atoms with Gasteiger partial charge in [0.05, 0.1) is 6.26 Å². The molecular weight excluding hydrogens is 260 g/mol. The van der Waals surface area contributed by atoms with Crippen molar-refractivity contribution in [1.29, 1.82) is 5.26 Å². The second-order valence-electron chi connectivity index (χ2n) is 3.19. The summed E-state index contributed by atoms with van der Waals surface area (Å²) in [6, 6.07) is 8.62. The topological polar surface area (TPSA) is 79.5 Å². The van der Waals surface area contributed by atoms with Gasteiger partial charge in [0.15, 0.2) is 5.71 Å². The minimum atomic E-state index is -3.70. The summed E-state index contributed by atoms with van der Waals surface area (Å²) in [5.41, 5.74) is 1.38. The Bertz CT molecular complexity index is 556. The summed E-state index contributed by atoms with van der Waals surface area (Å²) < 4.78 is 25.7. The lowest BCUT2D eigenvalue weighted by Gasteiger charge is -2.00. The Morgan fingerprint density at radius 2 is 2.06 bits per heavy atom. The highest BCUT2D eigenvalue weighted by molar-refractivity contribution is 7.85. The molecule has 0 aromatic heterocycles. The monoisotopic (exact) mass is 270 g/mol. The summed E-state index contributed by atoms with van der Waals surface area (Å²) in [5.74, 6) is 0.582. The molecular formula is C10H10N2O3S2. The third-order valence-electron chi connectivity index (χ3n) is 1.78. The maximum absolute atomic E-state index is 10.7. The van der Waals surface area contributed by atoms with Gasteiger partial charge in [0.25, 0.3) is 0 Å². The molecule has 0 aliphatic heterocycles. The van der Waals surface area contributed by atoms with Crippen molar-refractivity contribution in [3.8, 4) is 6.07 Å². The molecule has 1 rings (SSSR count). The molecule has 0 N–H and O–H groups in total. The molecule has 1 aromatic carbocycles. The number of nitriles is 1. The van der Waals surface area contributed by atoms with E-state index < -0.39 is 10.1 Å². The summed E-state index contributed by atoms with van der Waals surface area (Å²) in [4.78, 5) is 0. The second-order valence-corrected chi connectivity index (χ2v) is 5.06. The van der Waals surface area contributed by atoms with Gasteiger partial charge >= 0.3 is 10.1 Å². The Hall–Kier alpha value is -1.52. The molecule has 0 unspecified atom stereocenters. The Labute approximate surface area is 105 Å². The van der Waals surface area contributed by atoms with Gasteiger partial charge < -0.3 is 0 Å². The molecule has 1 aromatic rings. The van der Waals surface area contributed by atoms with Gasteiger partial charge in [0.1, 0.15) is 6.07 Å². The first-order chi connectivity index (χ1) is 7.96. The Morgan fingerprint density at radius 1 is 1.47 bits per heavy atom. The van der Waals surface area contributed by atoms with Gasteiger partial charge in [-0.3, -0.25) is 4.28 Å². The first kappa shape index (κ1) is 13.5. The van der Waals surface area contributed by atoms with Crippen LogP contribution in [0.1, 0.15) is 11.1 Å². The van der Waals surface area contributed by atoms with E-state index in [9.17, 15) is 8.42 Å². The van der Waals surface area contributed by atoms with Crippen molar-refractivity contribution in [2.75, 3.05) is 6.26 Å². The van der Waals surface area contributed by atoms with Gasteiger partial charge in [-0.1, -0.05) is 29.4 Å². The van der Waals surface area contributed by atoms with Crippen molar-refractivity contribution in [2.24, 2.45) is 5.16 Å². The number of nitrogens with zero attached hydrogens (tertiary/aromatic N) is 2. The Balaban J connectivity index is 2.98.